The number of hydrogen-bond donors (Lipinski definition) is 0. The average molecular weight is 325 g/mol. The Hall–Kier alpha value is -1.69. The van der Waals surface area contributed by atoms with Crippen LogP contribution >= 0.6 is 11.6 Å². The molecule has 0 spiro atoms. The van der Waals surface area contributed by atoms with Gasteiger partial charge in [-0.15, -0.1) is 0 Å². The van der Waals surface area contributed by atoms with Crippen LogP contribution in [0.1, 0.15) is 15.9 Å². The van der Waals surface area contributed by atoms with Crippen molar-refractivity contribution in [1.29, 1.82) is 0 Å². The maximum atomic E-state index is 12.0. The lowest BCUT2D eigenvalue weighted by Gasteiger charge is -2.06. The number of hydrogen-bond acceptors (Lipinski definition) is 4. The molecule has 0 radical (unpaired) electrons. The molecule has 0 N–H and O–H groups in total. The molecular formula is C15H13ClO4S. The van der Waals surface area contributed by atoms with Crippen LogP contribution in [0.3, 0.4) is 0 Å². The van der Waals surface area contributed by atoms with Gasteiger partial charge in [0, 0.05) is 5.56 Å². The molecule has 0 fully saturated rings. The van der Waals surface area contributed by atoms with Crippen LogP contribution in [0.4, 0.5) is 0 Å². The maximum absolute atomic E-state index is 12.0. The molecule has 0 saturated carbocycles. The van der Waals surface area contributed by atoms with Crippen LogP contribution in [-0.4, -0.2) is 20.8 Å². The zero-order valence-electron chi connectivity index (χ0n) is 11.2. The lowest BCUT2D eigenvalue weighted by molar-refractivity contribution is 0.0925. The van der Waals surface area contributed by atoms with Gasteiger partial charge in [0.05, 0.1) is 9.92 Å². The molecule has 0 bridgehead atoms. The van der Waals surface area contributed by atoms with Crippen molar-refractivity contribution in [3.05, 3.63) is 64.7 Å². The summed E-state index contributed by atoms with van der Waals surface area (Å²) in [6.45, 7) is 1.26. The predicted molar refractivity (Wildman–Crippen MR) is 80.1 cm³/mol. The Balaban J connectivity index is 2.10. The van der Waals surface area contributed by atoms with Crippen molar-refractivity contribution in [2.45, 2.75) is 11.8 Å². The zero-order valence-corrected chi connectivity index (χ0v) is 12.8. The third kappa shape index (κ3) is 3.91. The van der Waals surface area contributed by atoms with E-state index in [-0.39, 0.29) is 15.5 Å². The first-order valence-corrected chi connectivity index (χ1v) is 7.92. The molecule has 0 aromatic heterocycles. The van der Waals surface area contributed by atoms with Gasteiger partial charge in [-0.05, 0) is 31.2 Å². The number of carbonyl (C=O) groups is 1. The van der Waals surface area contributed by atoms with Crippen molar-refractivity contribution in [1.82, 2.24) is 0 Å². The monoisotopic (exact) mass is 324 g/mol. The Morgan fingerprint density at radius 2 is 1.71 bits per heavy atom. The highest BCUT2D eigenvalue weighted by Gasteiger charge is 2.18. The van der Waals surface area contributed by atoms with E-state index in [4.69, 9.17) is 15.8 Å². The fourth-order valence-corrected chi connectivity index (χ4v) is 2.78. The Bertz CT molecular complexity index is 751. The van der Waals surface area contributed by atoms with Gasteiger partial charge in [0.25, 0.3) is 10.1 Å². The fraction of sp³-hybridized carbons (Fsp3) is 0.133. The molecule has 6 heteroatoms. The van der Waals surface area contributed by atoms with E-state index in [1.54, 1.807) is 30.3 Å². The van der Waals surface area contributed by atoms with Crippen LogP contribution in [0, 0.1) is 6.92 Å². The first kappa shape index (κ1) is 15.7. The smallest absolute Gasteiger partial charge is 0.291 e. The number of benzene rings is 2. The van der Waals surface area contributed by atoms with Crippen molar-refractivity contribution >= 4 is 27.5 Å². The average Bonchev–Trinajstić information content (AvgIpc) is 2.46. The minimum atomic E-state index is -3.96. The molecule has 2 rings (SSSR count). The first-order chi connectivity index (χ1) is 9.90. The summed E-state index contributed by atoms with van der Waals surface area (Å²) in [6.07, 6.45) is 0. The predicted octanol–water partition coefficient (Wildman–Crippen LogP) is 3.24. The normalized spacial score (nSPS) is 11.3. The third-order valence-corrected chi connectivity index (χ3v) is 4.44. The van der Waals surface area contributed by atoms with E-state index in [1.165, 1.54) is 18.2 Å². The van der Waals surface area contributed by atoms with E-state index in [2.05, 4.69) is 0 Å². The number of Topliss-reactive ketones (excluding diaryl/α,β-unsaturated/α-hetero) is 1. The van der Waals surface area contributed by atoms with E-state index < -0.39 is 22.5 Å². The van der Waals surface area contributed by atoms with E-state index in [0.29, 0.717) is 0 Å². The Morgan fingerprint density at radius 3 is 2.33 bits per heavy atom. The molecule has 0 amide bonds. The summed E-state index contributed by atoms with van der Waals surface area (Å²) in [5, 5.41) is 0.263. The van der Waals surface area contributed by atoms with Crippen molar-refractivity contribution in [2.75, 3.05) is 6.61 Å². The number of rotatable bonds is 5. The van der Waals surface area contributed by atoms with E-state index in [0.717, 1.165) is 5.56 Å². The highest BCUT2D eigenvalue weighted by molar-refractivity contribution is 7.86. The Labute approximate surface area is 128 Å². The van der Waals surface area contributed by atoms with Gasteiger partial charge < -0.3 is 0 Å². The van der Waals surface area contributed by atoms with Crippen molar-refractivity contribution < 1.29 is 17.4 Å². The summed E-state index contributed by atoms with van der Waals surface area (Å²) in [7, 11) is -3.96. The highest BCUT2D eigenvalue weighted by atomic mass is 35.5. The quantitative estimate of drug-likeness (QED) is 0.625. The summed E-state index contributed by atoms with van der Waals surface area (Å²) in [4.78, 5) is 11.9. The molecule has 2 aromatic rings. The molecule has 0 atom stereocenters. The fourth-order valence-electron chi connectivity index (χ4n) is 1.67. The van der Waals surface area contributed by atoms with Crippen LogP contribution in [0.25, 0.3) is 0 Å². The molecule has 2 aromatic carbocycles. The van der Waals surface area contributed by atoms with Crippen LogP contribution in [0.2, 0.25) is 5.02 Å². The lowest BCUT2D eigenvalue weighted by atomic mass is 10.1. The van der Waals surface area contributed by atoms with Gasteiger partial charge in [0.15, 0.2) is 5.78 Å². The molecule has 0 aliphatic rings. The largest absolute Gasteiger partial charge is 0.297 e. The lowest BCUT2D eigenvalue weighted by Crippen LogP contribution is -2.15. The van der Waals surface area contributed by atoms with E-state index >= 15 is 0 Å². The molecule has 0 saturated heterocycles. The Morgan fingerprint density at radius 1 is 1.10 bits per heavy atom. The second-order valence-electron chi connectivity index (χ2n) is 4.43. The number of carbonyl (C=O) groups excluding carboxylic acids is 1. The molecule has 0 aliphatic heterocycles. The van der Waals surface area contributed by atoms with Crippen molar-refractivity contribution in [2.24, 2.45) is 0 Å². The van der Waals surface area contributed by atoms with Gasteiger partial charge in [0.2, 0.25) is 0 Å². The van der Waals surface area contributed by atoms with Crippen LogP contribution in [-0.2, 0) is 14.3 Å². The number of halogens is 1. The molecule has 4 nitrogen and oxygen atoms in total. The molecule has 0 unspecified atom stereocenters. The molecule has 0 aliphatic carbocycles. The zero-order chi connectivity index (χ0) is 15.5. The van der Waals surface area contributed by atoms with Gasteiger partial charge in [-0.2, -0.15) is 8.42 Å². The summed E-state index contributed by atoms with van der Waals surface area (Å²) in [5.41, 5.74) is 1.17. The van der Waals surface area contributed by atoms with Gasteiger partial charge in [-0.3, -0.25) is 8.98 Å². The highest BCUT2D eigenvalue weighted by Crippen LogP contribution is 2.17. The molecule has 21 heavy (non-hydrogen) atoms. The first-order valence-electron chi connectivity index (χ1n) is 6.14. The standard InChI is InChI=1S/C15H13ClO4S/c1-11-6-8-12(9-7-11)21(18,19)20-10-15(17)13-4-2-3-5-14(13)16/h2-9H,10H2,1H3. The number of ketones is 1. The van der Waals surface area contributed by atoms with Gasteiger partial charge >= 0.3 is 0 Å². The number of aryl methyl sites for hydroxylation is 1. The topological polar surface area (TPSA) is 60.4 Å². The summed E-state index contributed by atoms with van der Waals surface area (Å²) >= 11 is 5.88. The van der Waals surface area contributed by atoms with Crippen molar-refractivity contribution in [3.8, 4) is 0 Å². The van der Waals surface area contributed by atoms with Crippen LogP contribution < -0.4 is 0 Å². The Kier molecular flexibility index (Phi) is 4.77. The maximum Gasteiger partial charge on any atom is 0.297 e. The SMILES string of the molecule is Cc1ccc(S(=O)(=O)OCC(=O)c2ccccc2Cl)cc1. The van der Waals surface area contributed by atoms with Gasteiger partial charge in [-0.25, -0.2) is 0 Å². The second-order valence-corrected chi connectivity index (χ2v) is 6.45. The van der Waals surface area contributed by atoms with E-state index in [1.807, 2.05) is 6.92 Å². The summed E-state index contributed by atoms with van der Waals surface area (Å²) < 4.78 is 28.7. The van der Waals surface area contributed by atoms with E-state index in [9.17, 15) is 13.2 Å². The summed E-state index contributed by atoms with van der Waals surface area (Å²) in [6, 6.07) is 12.6. The van der Waals surface area contributed by atoms with Crippen LogP contribution in [0.5, 0.6) is 0 Å². The minimum absolute atomic E-state index is 0.0139. The third-order valence-electron chi connectivity index (χ3n) is 2.83. The molecule has 0 heterocycles. The van der Waals surface area contributed by atoms with Crippen LogP contribution in [0.15, 0.2) is 53.4 Å². The van der Waals surface area contributed by atoms with Gasteiger partial charge in [0.1, 0.15) is 6.61 Å². The molecule has 110 valence electrons. The molecular weight excluding hydrogens is 312 g/mol. The summed E-state index contributed by atoms with van der Waals surface area (Å²) in [5.74, 6) is -0.490. The second kappa shape index (κ2) is 6.39. The minimum Gasteiger partial charge on any atom is -0.291 e. The van der Waals surface area contributed by atoms with Crippen molar-refractivity contribution in [3.63, 3.8) is 0 Å². The van der Waals surface area contributed by atoms with Gasteiger partial charge in [-0.1, -0.05) is 41.4 Å².